The minimum Gasteiger partial charge on any atom is -0.206 e. The Morgan fingerprint density at radius 3 is 2.63 bits per heavy atom. The van der Waals surface area contributed by atoms with E-state index in [-0.39, 0.29) is 10.3 Å². The first-order chi connectivity index (χ1) is 8.96. The zero-order valence-corrected chi connectivity index (χ0v) is 12.8. The summed E-state index contributed by atoms with van der Waals surface area (Å²) in [5.74, 6) is 0.393. The molecular weight excluding hydrogens is 280 g/mol. The number of nitriles is 1. The molecule has 2 rings (SSSR count). The normalized spacial score (nSPS) is 24.3. The first kappa shape index (κ1) is 14.5. The van der Waals surface area contributed by atoms with Gasteiger partial charge in [-0.05, 0) is 30.9 Å². The van der Waals surface area contributed by atoms with Gasteiger partial charge in [-0.25, -0.2) is 8.42 Å². The van der Waals surface area contributed by atoms with Crippen molar-refractivity contribution < 1.29 is 8.42 Å². The zero-order chi connectivity index (χ0) is 14.0. The lowest BCUT2D eigenvalue weighted by molar-refractivity contribution is 0.213. The molecule has 1 fully saturated rings. The number of rotatable bonds is 3. The van der Waals surface area contributed by atoms with Gasteiger partial charge < -0.3 is 0 Å². The number of hydrogen-bond acceptors (Lipinski definition) is 4. The van der Waals surface area contributed by atoms with E-state index >= 15 is 0 Å². The predicted molar refractivity (Wildman–Crippen MR) is 75.4 cm³/mol. The average molecular weight is 298 g/mol. The molecule has 4 nitrogen and oxygen atoms in total. The van der Waals surface area contributed by atoms with E-state index in [1.54, 1.807) is 13.1 Å². The molecule has 2 unspecified atom stereocenters. The molecule has 0 bridgehead atoms. The van der Waals surface area contributed by atoms with Gasteiger partial charge in [-0.3, -0.25) is 0 Å². The van der Waals surface area contributed by atoms with Crippen LogP contribution < -0.4 is 0 Å². The zero-order valence-electron chi connectivity index (χ0n) is 11.2. The third kappa shape index (κ3) is 2.83. The Labute approximate surface area is 118 Å². The smallest absolute Gasteiger partial charge is 0.206 e. The standard InChI is InChI=1S/C13H18N2O2S2/c1-10-5-3-4-6-12(10)15(2)19(16,17)13-8-7-11(9-14)18-13/h7-8,10,12H,3-6H2,1-2H3. The molecule has 1 aromatic rings. The highest BCUT2D eigenvalue weighted by Crippen LogP contribution is 2.32. The summed E-state index contributed by atoms with van der Waals surface area (Å²) in [5, 5.41) is 8.80. The lowest BCUT2D eigenvalue weighted by Crippen LogP contribution is -2.42. The molecule has 0 amide bonds. The highest BCUT2D eigenvalue weighted by atomic mass is 32.2. The Morgan fingerprint density at radius 2 is 2.05 bits per heavy atom. The van der Waals surface area contributed by atoms with E-state index < -0.39 is 10.0 Å². The molecule has 1 saturated carbocycles. The van der Waals surface area contributed by atoms with Crippen LogP contribution in [0.2, 0.25) is 0 Å². The van der Waals surface area contributed by atoms with Gasteiger partial charge in [0.25, 0.3) is 10.0 Å². The number of thiophene rings is 1. The van der Waals surface area contributed by atoms with Crippen LogP contribution >= 0.6 is 11.3 Å². The fourth-order valence-electron chi connectivity index (χ4n) is 2.68. The fraction of sp³-hybridized carbons (Fsp3) is 0.615. The quantitative estimate of drug-likeness (QED) is 0.862. The SMILES string of the molecule is CC1CCCCC1N(C)S(=O)(=O)c1ccc(C#N)s1. The van der Waals surface area contributed by atoms with Crippen LogP contribution in [0.5, 0.6) is 0 Å². The van der Waals surface area contributed by atoms with Crippen LogP contribution in [-0.4, -0.2) is 25.8 Å². The average Bonchev–Trinajstić information content (AvgIpc) is 2.88. The molecule has 0 N–H and O–H groups in total. The van der Waals surface area contributed by atoms with Gasteiger partial charge in [0.1, 0.15) is 15.2 Å². The molecule has 0 spiro atoms. The molecule has 1 aliphatic carbocycles. The Hall–Kier alpha value is -0.900. The third-order valence-corrected chi connectivity index (χ3v) is 7.20. The summed E-state index contributed by atoms with van der Waals surface area (Å²) in [5.41, 5.74) is 0. The van der Waals surface area contributed by atoms with Gasteiger partial charge in [0.15, 0.2) is 0 Å². The highest BCUT2D eigenvalue weighted by Gasteiger charge is 2.33. The molecule has 1 aromatic heterocycles. The van der Waals surface area contributed by atoms with E-state index in [1.807, 2.05) is 6.07 Å². The first-order valence-corrected chi connectivity index (χ1v) is 8.70. The van der Waals surface area contributed by atoms with Crippen LogP contribution in [0, 0.1) is 17.2 Å². The van der Waals surface area contributed by atoms with E-state index in [0.717, 1.165) is 30.6 Å². The minimum atomic E-state index is -3.46. The summed E-state index contributed by atoms with van der Waals surface area (Å²) in [4.78, 5) is 0.434. The van der Waals surface area contributed by atoms with Crippen LogP contribution in [0.15, 0.2) is 16.3 Å². The fourth-order valence-corrected chi connectivity index (χ4v) is 5.45. The summed E-state index contributed by atoms with van der Waals surface area (Å²) in [6.45, 7) is 2.12. The molecule has 1 aliphatic rings. The Balaban J connectivity index is 2.26. The number of nitrogens with zero attached hydrogens (tertiary/aromatic N) is 2. The molecular formula is C13H18N2O2S2. The van der Waals surface area contributed by atoms with Crippen molar-refractivity contribution in [1.82, 2.24) is 4.31 Å². The maximum Gasteiger partial charge on any atom is 0.252 e. The van der Waals surface area contributed by atoms with E-state index in [4.69, 9.17) is 5.26 Å². The van der Waals surface area contributed by atoms with Crippen molar-refractivity contribution in [2.45, 2.75) is 42.9 Å². The highest BCUT2D eigenvalue weighted by molar-refractivity contribution is 7.91. The van der Waals surface area contributed by atoms with Gasteiger partial charge in [0.05, 0.1) is 0 Å². The maximum absolute atomic E-state index is 12.5. The largest absolute Gasteiger partial charge is 0.252 e. The molecule has 6 heteroatoms. The van der Waals surface area contributed by atoms with Crippen LogP contribution in [0.3, 0.4) is 0 Å². The summed E-state index contributed by atoms with van der Waals surface area (Å²) in [7, 11) is -1.80. The molecule has 0 saturated heterocycles. The molecule has 0 aliphatic heterocycles. The summed E-state index contributed by atoms with van der Waals surface area (Å²) in [6, 6.07) is 5.15. The predicted octanol–water partition coefficient (Wildman–Crippen LogP) is 2.82. The van der Waals surface area contributed by atoms with Gasteiger partial charge in [-0.1, -0.05) is 19.8 Å². The third-order valence-electron chi connectivity index (χ3n) is 3.86. The van der Waals surface area contributed by atoms with E-state index in [0.29, 0.717) is 10.8 Å². The Morgan fingerprint density at radius 1 is 1.37 bits per heavy atom. The van der Waals surface area contributed by atoms with Crippen molar-refractivity contribution in [3.05, 3.63) is 17.0 Å². The lowest BCUT2D eigenvalue weighted by Gasteiger charge is -2.35. The van der Waals surface area contributed by atoms with Crippen molar-refractivity contribution in [2.24, 2.45) is 5.92 Å². The van der Waals surface area contributed by atoms with Gasteiger partial charge in [0, 0.05) is 13.1 Å². The van der Waals surface area contributed by atoms with Crippen LogP contribution in [-0.2, 0) is 10.0 Å². The topological polar surface area (TPSA) is 61.2 Å². The second-order valence-corrected chi connectivity index (χ2v) is 8.39. The summed E-state index contributed by atoms with van der Waals surface area (Å²) >= 11 is 1.04. The first-order valence-electron chi connectivity index (χ1n) is 6.45. The summed E-state index contributed by atoms with van der Waals surface area (Å²) < 4.78 is 26.8. The molecule has 1 heterocycles. The number of hydrogen-bond donors (Lipinski definition) is 0. The second kappa shape index (κ2) is 5.61. The van der Waals surface area contributed by atoms with Gasteiger partial charge in [0.2, 0.25) is 0 Å². The molecule has 104 valence electrons. The molecule has 2 atom stereocenters. The van der Waals surface area contributed by atoms with Crippen molar-refractivity contribution in [3.63, 3.8) is 0 Å². The van der Waals surface area contributed by atoms with E-state index in [2.05, 4.69) is 6.92 Å². The monoisotopic (exact) mass is 298 g/mol. The number of sulfonamides is 1. The molecule has 0 aromatic carbocycles. The van der Waals surface area contributed by atoms with Crippen LogP contribution in [0.25, 0.3) is 0 Å². The van der Waals surface area contributed by atoms with Crippen molar-refractivity contribution in [3.8, 4) is 6.07 Å². The van der Waals surface area contributed by atoms with Gasteiger partial charge in [-0.15, -0.1) is 11.3 Å². The second-order valence-electron chi connectivity index (χ2n) is 5.08. The van der Waals surface area contributed by atoms with E-state index in [9.17, 15) is 8.42 Å². The van der Waals surface area contributed by atoms with Crippen LogP contribution in [0.4, 0.5) is 0 Å². The molecule has 0 radical (unpaired) electrons. The van der Waals surface area contributed by atoms with E-state index in [1.165, 1.54) is 16.8 Å². The maximum atomic E-state index is 12.5. The van der Waals surface area contributed by atoms with Gasteiger partial charge >= 0.3 is 0 Å². The van der Waals surface area contributed by atoms with Crippen molar-refractivity contribution in [1.29, 1.82) is 5.26 Å². The van der Waals surface area contributed by atoms with Crippen molar-refractivity contribution in [2.75, 3.05) is 7.05 Å². The Bertz CT molecular complexity index is 586. The minimum absolute atomic E-state index is 0.0754. The lowest BCUT2D eigenvalue weighted by atomic mass is 9.86. The summed E-state index contributed by atoms with van der Waals surface area (Å²) in [6.07, 6.45) is 4.28. The molecule has 19 heavy (non-hydrogen) atoms. The van der Waals surface area contributed by atoms with Crippen LogP contribution in [0.1, 0.15) is 37.5 Å². The Kier molecular flexibility index (Phi) is 4.29. The van der Waals surface area contributed by atoms with Crippen molar-refractivity contribution >= 4 is 21.4 Å². The van der Waals surface area contributed by atoms with Gasteiger partial charge in [-0.2, -0.15) is 9.57 Å².